The topological polar surface area (TPSA) is 97.0 Å². The van der Waals surface area contributed by atoms with Crippen molar-refractivity contribution < 1.29 is 23.9 Å². The maximum atomic E-state index is 12.3. The molecule has 0 spiro atoms. The molecule has 1 aliphatic rings. The number of likely N-dealkylation sites (N-methyl/N-ethyl adjacent to an activating group) is 1. The van der Waals surface area contributed by atoms with Gasteiger partial charge in [0, 0.05) is 26.2 Å². The number of nitrogens with one attached hydrogen (secondary N) is 2. The number of hydrogen-bond donors (Lipinski definition) is 2. The zero-order chi connectivity index (χ0) is 19.8. The summed E-state index contributed by atoms with van der Waals surface area (Å²) < 4.78 is 10.4. The average Bonchev–Trinajstić information content (AvgIpc) is 2.64. The summed E-state index contributed by atoms with van der Waals surface area (Å²) in [5, 5.41) is 5.12. The first kappa shape index (κ1) is 20.4. The first-order valence-electron chi connectivity index (χ1n) is 8.66. The van der Waals surface area contributed by atoms with E-state index in [0.717, 1.165) is 11.3 Å². The number of hydrogen-bond acceptors (Lipinski definition) is 5. The number of amides is 3. The molecule has 0 aromatic heterocycles. The van der Waals surface area contributed by atoms with Crippen molar-refractivity contribution in [2.75, 3.05) is 33.9 Å². The average molecular weight is 375 g/mol. The van der Waals surface area contributed by atoms with E-state index in [0.29, 0.717) is 13.1 Å². The van der Waals surface area contributed by atoms with Gasteiger partial charge in [0.15, 0.2) is 0 Å². The Bertz CT molecular complexity index is 696. The summed E-state index contributed by atoms with van der Waals surface area (Å²) in [5.74, 6) is 0.00706. The Kier molecular flexibility index (Phi) is 7.36. The van der Waals surface area contributed by atoms with E-state index in [4.69, 9.17) is 9.47 Å². The molecule has 1 heterocycles. The van der Waals surface area contributed by atoms with E-state index in [9.17, 15) is 14.4 Å². The minimum atomic E-state index is -0.641. The molecule has 1 atom stereocenters. The van der Waals surface area contributed by atoms with Gasteiger partial charge in [-0.15, -0.1) is 0 Å². The SMILES string of the molecule is CNC(=O)COC1CN(C(=O)[C@@H](C)NC(=O)/C=C\c2ccc(OC)cc2)C1. The number of benzene rings is 1. The van der Waals surface area contributed by atoms with Crippen LogP contribution in [0.1, 0.15) is 12.5 Å². The van der Waals surface area contributed by atoms with E-state index in [-0.39, 0.29) is 30.4 Å². The third kappa shape index (κ3) is 6.10. The predicted octanol–water partition coefficient (Wildman–Crippen LogP) is 0.187. The normalized spacial score (nSPS) is 15.1. The van der Waals surface area contributed by atoms with Crippen molar-refractivity contribution >= 4 is 23.8 Å². The van der Waals surface area contributed by atoms with Crippen molar-refractivity contribution in [2.24, 2.45) is 0 Å². The van der Waals surface area contributed by atoms with Gasteiger partial charge in [0.25, 0.3) is 0 Å². The van der Waals surface area contributed by atoms with Gasteiger partial charge in [0.1, 0.15) is 18.4 Å². The second-order valence-corrected chi connectivity index (χ2v) is 6.19. The van der Waals surface area contributed by atoms with Crippen LogP contribution >= 0.6 is 0 Å². The van der Waals surface area contributed by atoms with Gasteiger partial charge in [-0.1, -0.05) is 12.1 Å². The maximum absolute atomic E-state index is 12.3. The first-order valence-corrected chi connectivity index (χ1v) is 8.66. The van der Waals surface area contributed by atoms with Crippen molar-refractivity contribution in [3.05, 3.63) is 35.9 Å². The molecule has 146 valence electrons. The van der Waals surface area contributed by atoms with E-state index in [1.807, 2.05) is 12.1 Å². The van der Waals surface area contributed by atoms with Crippen LogP contribution in [0.2, 0.25) is 0 Å². The fourth-order valence-corrected chi connectivity index (χ4v) is 2.47. The molecular weight excluding hydrogens is 350 g/mol. The zero-order valence-corrected chi connectivity index (χ0v) is 15.7. The van der Waals surface area contributed by atoms with Crippen molar-refractivity contribution in [1.82, 2.24) is 15.5 Å². The van der Waals surface area contributed by atoms with E-state index in [1.165, 1.54) is 13.1 Å². The van der Waals surface area contributed by atoms with Crippen LogP contribution in [0.4, 0.5) is 0 Å². The summed E-state index contributed by atoms with van der Waals surface area (Å²) in [5.41, 5.74) is 0.851. The summed E-state index contributed by atoms with van der Waals surface area (Å²) in [4.78, 5) is 37.0. The molecule has 2 rings (SSSR count). The maximum Gasteiger partial charge on any atom is 0.245 e. The van der Waals surface area contributed by atoms with Crippen LogP contribution in [0, 0.1) is 0 Å². The van der Waals surface area contributed by atoms with E-state index >= 15 is 0 Å². The van der Waals surface area contributed by atoms with Gasteiger partial charge in [-0.3, -0.25) is 14.4 Å². The standard InChI is InChI=1S/C19H25N3O5/c1-13(19(25)22-10-16(11-22)27-12-18(24)20-2)21-17(23)9-6-14-4-7-15(26-3)8-5-14/h4-9,13,16H,10-12H2,1-3H3,(H,20,24)(H,21,23)/b9-6-/t13-/m1/s1. The number of methoxy groups -OCH3 is 1. The highest BCUT2D eigenvalue weighted by Gasteiger charge is 2.34. The largest absolute Gasteiger partial charge is 0.497 e. The van der Waals surface area contributed by atoms with Crippen molar-refractivity contribution in [2.45, 2.75) is 19.1 Å². The quantitative estimate of drug-likeness (QED) is 0.632. The summed E-state index contributed by atoms with van der Waals surface area (Å²) in [6.45, 7) is 2.45. The van der Waals surface area contributed by atoms with Gasteiger partial charge < -0.3 is 25.0 Å². The van der Waals surface area contributed by atoms with Gasteiger partial charge in [0.05, 0.1) is 13.2 Å². The van der Waals surface area contributed by atoms with Crippen LogP contribution in [-0.2, 0) is 19.1 Å². The lowest BCUT2D eigenvalue weighted by atomic mass is 10.1. The van der Waals surface area contributed by atoms with Crippen molar-refractivity contribution in [1.29, 1.82) is 0 Å². The van der Waals surface area contributed by atoms with Crippen LogP contribution in [0.3, 0.4) is 0 Å². The van der Waals surface area contributed by atoms with E-state index < -0.39 is 6.04 Å². The molecule has 0 radical (unpaired) electrons. The Morgan fingerprint density at radius 1 is 1.26 bits per heavy atom. The Morgan fingerprint density at radius 3 is 2.52 bits per heavy atom. The number of ether oxygens (including phenoxy) is 2. The first-order chi connectivity index (χ1) is 12.9. The number of carbonyl (C=O) groups excluding carboxylic acids is 3. The van der Waals surface area contributed by atoms with Crippen LogP contribution in [-0.4, -0.2) is 68.6 Å². The van der Waals surface area contributed by atoms with Gasteiger partial charge >= 0.3 is 0 Å². The molecule has 1 saturated heterocycles. The van der Waals surface area contributed by atoms with Crippen molar-refractivity contribution in [3.63, 3.8) is 0 Å². The molecule has 1 fully saturated rings. The minimum absolute atomic E-state index is 0.0222. The lowest BCUT2D eigenvalue weighted by molar-refractivity contribution is -0.150. The highest BCUT2D eigenvalue weighted by molar-refractivity contribution is 5.95. The molecule has 1 aromatic carbocycles. The Morgan fingerprint density at radius 2 is 1.93 bits per heavy atom. The van der Waals surface area contributed by atoms with E-state index in [1.54, 1.807) is 37.1 Å². The van der Waals surface area contributed by atoms with Gasteiger partial charge in [-0.05, 0) is 30.7 Å². The second kappa shape index (κ2) is 9.72. The summed E-state index contributed by atoms with van der Waals surface area (Å²) in [6, 6.07) is 6.62. The molecular formula is C19H25N3O5. The van der Waals surface area contributed by atoms with Crippen LogP contribution in [0.5, 0.6) is 5.75 Å². The summed E-state index contributed by atoms with van der Waals surface area (Å²) in [6.07, 6.45) is 2.90. The van der Waals surface area contributed by atoms with E-state index in [2.05, 4.69) is 10.6 Å². The monoisotopic (exact) mass is 375 g/mol. The second-order valence-electron chi connectivity index (χ2n) is 6.19. The molecule has 0 aliphatic carbocycles. The fourth-order valence-electron chi connectivity index (χ4n) is 2.47. The fraction of sp³-hybridized carbons (Fsp3) is 0.421. The Balaban J connectivity index is 1.73. The summed E-state index contributed by atoms with van der Waals surface area (Å²) in [7, 11) is 3.13. The van der Waals surface area contributed by atoms with Gasteiger partial charge in [-0.2, -0.15) is 0 Å². The lowest BCUT2D eigenvalue weighted by Gasteiger charge is -2.40. The molecule has 8 heteroatoms. The Hall–Kier alpha value is -2.87. The van der Waals surface area contributed by atoms with Crippen LogP contribution in [0.25, 0.3) is 6.08 Å². The van der Waals surface area contributed by atoms with Gasteiger partial charge in [-0.25, -0.2) is 0 Å². The molecule has 1 aromatic rings. The lowest BCUT2D eigenvalue weighted by Crippen LogP contribution is -2.59. The molecule has 3 amide bonds. The number of carbonyl (C=O) groups is 3. The molecule has 0 bridgehead atoms. The third-order valence-corrected chi connectivity index (χ3v) is 4.16. The minimum Gasteiger partial charge on any atom is -0.497 e. The molecule has 2 N–H and O–H groups in total. The summed E-state index contributed by atoms with van der Waals surface area (Å²) >= 11 is 0. The smallest absolute Gasteiger partial charge is 0.245 e. The number of rotatable bonds is 8. The third-order valence-electron chi connectivity index (χ3n) is 4.16. The molecule has 8 nitrogen and oxygen atoms in total. The zero-order valence-electron chi connectivity index (χ0n) is 15.7. The number of nitrogens with zero attached hydrogens (tertiary/aromatic N) is 1. The highest BCUT2D eigenvalue weighted by atomic mass is 16.5. The van der Waals surface area contributed by atoms with Crippen LogP contribution < -0.4 is 15.4 Å². The highest BCUT2D eigenvalue weighted by Crippen LogP contribution is 2.14. The van der Waals surface area contributed by atoms with Crippen LogP contribution in [0.15, 0.2) is 30.3 Å². The molecule has 0 unspecified atom stereocenters. The molecule has 0 saturated carbocycles. The number of likely N-dealkylation sites (tertiary alicyclic amines) is 1. The predicted molar refractivity (Wildman–Crippen MR) is 100 cm³/mol. The van der Waals surface area contributed by atoms with Gasteiger partial charge in [0.2, 0.25) is 17.7 Å². The Labute approximate surface area is 158 Å². The molecule has 27 heavy (non-hydrogen) atoms. The van der Waals surface area contributed by atoms with Crippen molar-refractivity contribution in [3.8, 4) is 5.75 Å². The molecule has 1 aliphatic heterocycles.